The zero-order chi connectivity index (χ0) is 35.6. The highest BCUT2D eigenvalue weighted by molar-refractivity contribution is 6.21. The van der Waals surface area contributed by atoms with Gasteiger partial charge in [-0.15, -0.1) is 0 Å². The minimum atomic E-state index is 0.906. The summed E-state index contributed by atoms with van der Waals surface area (Å²) in [5.74, 6) is 0. The standard InChI is InChI=1S/C50H33N3O/c1-2-11-33(12-3-1)34-21-25-36(26-22-34)52(37-27-23-35(24-28-37)40-16-10-17-42-41-13-6-9-20-47(41)54-49(40)42)38-29-31-39(32-30-38)53-46-19-8-5-15-44(46)48-43-14-4-7-18-45(43)51-50(48)53/h1-32,51H. The van der Waals surface area contributed by atoms with E-state index in [-0.39, 0.29) is 0 Å². The zero-order valence-electron chi connectivity index (χ0n) is 29.3. The van der Waals surface area contributed by atoms with Gasteiger partial charge in [0.05, 0.1) is 5.52 Å². The number of furan rings is 1. The van der Waals surface area contributed by atoms with Crippen molar-refractivity contribution < 1.29 is 4.42 Å². The molecular formula is C50H33N3O. The highest BCUT2D eigenvalue weighted by Gasteiger charge is 2.19. The Bertz CT molecular complexity index is 3130. The Kier molecular flexibility index (Phi) is 6.82. The predicted octanol–water partition coefficient (Wildman–Crippen LogP) is 14.0. The minimum absolute atomic E-state index is 0.906. The molecule has 0 saturated heterocycles. The maximum absolute atomic E-state index is 6.40. The van der Waals surface area contributed by atoms with Crippen molar-refractivity contribution in [3.8, 4) is 27.9 Å². The number of aromatic nitrogens is 2. The van der Waals surface area contributed by atoms with E-state index >= 15 is 0 Å². The number of nitrogens with zero attached hydrogens (tertiary/aromatic N) is 2. The molecule has 4 nitrogen and oxygen atoms in total. The average Bonchev–Trinajstić information content (AvgIpc) is 3.91. The number of para-hydroxylation sites is 4. The first-order chi connectivity index (χ1) is 26.8. The van der Waals surface area contributed by atoms with E-state index in [2.05, 4.69) is 196 Å². The monoisotopic (exact) mass is 691 g/mol. The van der Waals surface area contributed by atoms with Gasteiger partial charge in [-0.25, -0.2) is 0 Å². The van der Waals surface area contributed by atoms with Crippen LogP contribution in [0.3, 0.4) is 0 Å². The second-order valence-electron chi connectivity index (χ2n) is 13.8. The molecule has 0 aliphatic heterocycles. The van der Waals surface area contributed by atoms with Gasteiger partial charge in [-0.05, 0) is 83.4 Å². The first-order valence-electron chi connectivity index (χ1n) is 18.4. The first kappa shape index (κ1) is 30.3. The fourth-order valence-corrected chi connectivity index (χ4v) is 8.23. The van der Waals surface area contributed by atoms with E-state index in [0.29, 0.717) is 0 Å². The molecule has 0 amide bonds. The van der Waals surface area contributed by atoms with Gasteiger partial charge < -0.3 is 14.3 Å². The number of rotatable bonds is 6. The number of aromatic amines is 1. The summed E-state index contributed by atoms with van der Waals surface area (Å²) in [7, 11) is 0. The van der Waals surface area contributed by atoms with Gasteiger partial charge in [0, 0.05) is 60.8 Å². The number of benzene rings is 8. The van der Waals surface area contributed by atoms with Gasteiger partial charge in [-0.3, -0.25) is 4.57 Å². The molecule has 0 atom stereocenters. The molecule has 8 aromatic carbocycles. The zero-order valence-corrected chi connectivity index (χ0v) is 29.3. The van der Waals surface area contributed by atoms with Gasteiger partial charge in [0.25, 0.3) is 0 Å². The number of H-pyrrole nitrogens is 1. The Hall–Kier alpha value is -7.30. The van der Waals surface area contributed by atoms with Gasteiger partial charge in [0.15, 0.2) is 0 Å². The smallest absolute Gasteiger partial charge is 0.143 e. The van der Waals surface area contributed by atoms with Crippen LogP contribution >= 0.6 is 0 Å². The van der Waals surface area contributed by atoms with Crippen LogP contribution in [-0.4, -0.2) is 9.55 Å². The minimum Gasteiger partial charge on any atom is -0.455 e. The molecule has 0 spiro atoms. The van der Waals surface area contributed by atoms with Gasteiger partial charge in [-0.2, -0.15) is 0 Å². The molecule has 0 aliphatic carbocycles. The maximum Gasteiger partial charge on any atom is 0.143 e. The molecule has 0 radical (unpaired) electrons. The molecule has 54 heavy (non-hydrogen) atoms. The first-order valence-corrected chi connectivity index (χ1v) is 18.4. The van der Waals surface area contributed by atoms with Crippen LogP contribution in [0.4, 0.5) is 17.1 Å². The van der Waals surface area contributed by atoms with Crippen LogP contribution in [0.1, 0.15) is 0 Å². The highest BCUT2D eigenvalue weighted by atomic mass is 16.3. The summed E-state index contributed by atoms with van der Waals surface area (Å²) in [4.78, 5) is 6.06. The van der Waals surface area contributed by atoms with E-state index < -0.39 is 0 Å². The third-order valence-electron chi connectivity index (χ3n) is 10.8. The van der Waals surface area contributed by atoms with E-state index in [1.165, 1.54) is 32.8 Å². The van der Waals surface area contributed by atoms with Crippen LogP contribution in [0.2, 0.25) is 0 Å². The van der Waals surface area contributed by atoms with Crippen molar-refractivity contribution in [3.05, 3.63) is 194 Å². The molecule has 0 aliphatic rings. The van der Waals surface area contributed by atoms with Crippen molar-refractivity contribution in [3.63, 3.8) is 0 Å². The summed E-state index contributed by atoms with van der Waals surface area (Å²) < 4.78 is 8.75. The quantitative estimate of drug-likeness (QED) is 0.188. The third-order valence-corrected chi connectivity index (χ3v) is 10.8. The second kappa shape index (κ2) is 12.1. The Morgan fingerprint density at radius 1 is 0.426 bits per heavy atom. The lowest BCUT2D eigenvalue weighted by molar-refractivity contribution is 0.670. The average molecular weight is 692 g/mol. The SMILES string of the molecule is c1ccc(-c2ccc(N(c3ccc(-c4cccc5c4oc4ccccc45)cc3)c3ccc(-n4c5ccccc5c5c6ccccc6[nH]c54)cc3)cc2)cc1. The molecule has 0 fully saturated rings. The number of anilines is 3. The van der Waals surface area contributed by atoms with Crippen LogP contribution < -0.4 is 4.90 Å². The number of hydrogen-bond acceptors (Lipinski definition) is 2. The summed E-state index contributed by atoms with van der Waals surface area (Å²) in [5.41, 5.74) is 14.2. The van der Waals surface area contributed by atoms with Crippen LogP contribution in [0.25, 0.3) is 82.7 Å². The van der Waals surface area contributed by atoms with Crippen molar-refractivity contribution in [2.75, 3.05) is 4.90 Å². The van der Waals surface area contributed by atoms with Crippen LogP contribution in [0.5, 0.6) is 0 Å². The van der Waals surface area contributed by atoms with Gasteiger partial charge >= 0.3 is 0 Å². The highest BCUT2D eigenvalue weighted by Crippen LogP contribution is 2.41. The topological polar surface area (TPSA) is 37.1 Å². The van der Waals surface area contributed by atoms with Gasteiger partial charge in [-0.1, -0.05) is 127 Å². The van der Waals surface area contributed by atoms with E-state index in [9.17, 15) is 0 Å². The van der Waals surface area contributed by atoms with Crippen molar-refractivity contribution in [2.24, 2.45) is 0 Å². The van der Waals surface area contributed by atoms with Crippen LogP contribution in [0, 0.1) is 0 Å². The lowest BCUT2D eigenvalue weighted by atomic mass is 10.0. The second-order valence-corrected chi connectivity index (χ2v) is 13.8. The number of fused-ring (bicyclic) bond motifs is 8. The maximum atomic E-state index is 6.40. The molecule has 4 heteroatoms. The molecule has 0 unspecified atom stereocenters. The number of nitrogens with one attached hydrogen (secondary N) is 1. The normalized spacial score (nSPS) is 11.7. The predicted molar refractivity (Wildman–Crippen MR) is 225 cm³/mol. The van der Waals surface area contributed by atoms with Crippen molar-refractivity contribution in [2.45, 2.75) is 0 Å². The van der Waals surface area contributed by atoms with Crippen molar-refractivity contribution >= 4 is 71.8 Å². The molecule has 3 aromatic heterocycles. The Balaban J connectivity index is 1.02. The molecule has 3 heterocycles. The van der Waals surface area contributed by atoms with Gasteiger partial charge in [0.2, 0.25) is 0 Å². The fourth-order valence-electron chi connectivity index (χ4n) is 8.23. The molecule has 11 aromatic rings. The van der Waals surface area contributed by atoms with Crippen LogP contribution in [-0.2, 0) is 0 Å². The summed E-state index contributed by atoms with van der Waals surface area (Å²) in [6, 6.07) is 69.0. The molecule has 254 valence electrons. The van der Waals surface area contributed by atoms with E-state index in [1.54, 1.807) is 0 Å². The van der Waals surface area contributed by atoms with Crippen LogP contribution in [0.15, 0.2) is 199 Å². The van der Waals surface area contributed by atoms with Crippen molar-refractivity contribution in [1.82, 2.24) is 9.55 Å². The molecule has 0 saturated carbocycles. The summed E-state index contributed by atoms with van der Waals surface area (Å²) in [6.45, 7) is 0. The number of hydrogen-bond donors (Lipinski definition) is 1. The lowest BCUT2D eigenvalue weighted by Crippen LogP contribution is -2.10. The largest absolute Gasteiger partial charge is 0.455 e. The van der Waals surface area contributed by atoms with E-state index in [4.69, 9.17) is 4.42 Å². The summed E-state index contributed by atoms with van der Waals surface area (Å²) in [5, 5.41) is 6.01. The molecule has 1 N–H and O–H groups in total. The van der Waals surface area contributed by atoms with E-state index in [1.807, 2.05) is 12.1 Å². The Morgan fingerprint density at radius 3 is 1.76 bits per heavy atom. The summed E-state index contributed by atoms with van der Waals surface area (Å²) >= 11 is 0. The Morgan fingerprint density at radius 2 is 1.00 bits per heavy atom. The van der Waals surface area contributed by atoms with Gasteiger partial charge in [0.1, 0.15) is 16.8 Å². The molecule has 0 bridgehead atoms. The lowest BCUT2D eigenvalue weighted by Gasteiger charge is -2.26. The molecular weight excluding hydrogens is 659 g/mol. The fraction of sp³-hybridized carbons (Fsp3) is 0. The third kappa shape index (κ3) is 4.78. The summed E-state index contributed by atoms with van der Waals surface area (Å²) in [6.07, 6.45) is 0. The van der Waals surface area contributed by atoms with E-state index in [0.717, 1.165) is 67.0 Å². The molecule has 11 rings (SSSR count). The van der Waals surface area contributed by atoms with Crippen molar-refractivity contribution in [1.29, 1.82) is 0 Å². The Labute approximate surface area is 311 Å².